The molecule has 0 spiro atoms. The van der Waals surface area contributed by atoms with Crippen molar-refractivity contribution in [3.63, 3.8) is 0 Å². The molecule has 1 aromatic heterocycles. The topological polar surface area (TPSA) is 86.0 Å². The third kappa shape index (κ3) is 4.27. The molecule has 0 atom stereocenters. The first-order valence-corrected chi connectivity index (χ1v) is 10.9. The summed E-state index contributed by atoms with van der Waals surface area (Å²) in [5.74, 6) is 3.47. The Morgan fingerprint density at radius 2 is 1.69 bits per heavy atom. The van der Waals surface area contributed by atoms with Crippen LogP contribution in [0.4, 0.5) is 11.5 Å². The predicted molar refractivity (Wildman–Crippen MR) is 122 cm³/mol. The number of anilines is 2. The normalized spacial score (nSPS) is 15.7. The quantitative estimate of drug-likeness (QED) is 0.633. The number of aryl methyl sites for hydroxylation is 1. The van der Waals surface area contributed by atoms with Gasteiger partial charge in [0, 0.05) is 32.7 Å². The van der Waals surface area contributed by atoms with E-state index < -0.39 is 0 Å². The van der Waals surface area contributed by atoms with E-state index in [2.05, 4.69) is 38.8 Å². The second-order valence-electron chi connectivity index (χ2n) is 7.97. The van der Waals surface area contributed by atoms with Crippen molar-refractivity contribution in [1.82, 2.24) is 14.9 Å². The summed E-state index contributed by atoms with van der Waals surface area (Å²) in [4.78, 5) is 13.3. The number of piperazine rings is 1. The molecule has 2 N–H and O–H groups in total. The zero-order chi connectivity index (χ0) is 21.9. The second kappa shape index (κ2) is 8.92. The van der Waals surface area contributed by atoms with Crippen LogP contribution in [-0.2, 0) is 13.0 Å². The van der Waals surface area contributed by atoms with Gasteiger partial charge >= 0.3 is 0 Å². The molecule has 0 radical (unpaired) electrons. The van der Waals surface area contributed by atoms with Crippen molar-refractivity contribution in [2.24, 2.45) is 0 Å². The first-order chi connectivity index (χ1) is 15.7. The van der Waals surface area contributed by atoms with Crippen LogP contribution >= 0.6 is 0 Å². The maximum Gasteiger partial charge on any atom is 0.248 e. The van der Waals surface area contributed by atoms with Crippen LogP contribution in [0.2, 0.25) is 0 Å². The lowest BCUT2D eigenvalue weighted by molar-refractivity contribution is 0.174. The van der Waals surface area contributed by atoms with Gasteiger partial charge in [0.25, 0.3) is 0 Å². The number of rotatable bonds is 6. The summed E-state index contributed by atoms with van der Waals surface area (Å²) in [5.41, 5.74) is 9.34. The van der Waals surface area contributed by atoms with E-state index in [0.29, 0.717) is 24.1 Å². The molecular formula is C24H27N5O3. The molecule has 8 heteroatoms. The number of hydrogen-bond donors (Lipinski definition) is 1. The molecule has 0 bridgehead atoms. The lowest BCUT2D eigenvalue weighted by Crippen LogP contribution is -2.46. The van der Waals surface area contributed by atoms with Crippen LogP contribution in [0.25, 0.3) is 0 Å². The zero-order valence-electron chi connectivity index (χ0n) is 18.2. The van der Waals surface area contributed by atoms with Crippen LogP contribution in [0.5, 0.6) is 23.1 Å². The van der Waals surface area contributed by atoms with Crippen LogP contribution in [0.15, 0.2) is 48.8 Å². The van der Waals surface area contributed by atoms with Gasteiger partial charge in [-0.05, 0) is 41.8 Å². The highest BCUT2D eigenvalue weighted by Gasteiger charge is 2.23. The molecule has 166 valence electrons. The van der Waals surface area contributed by atoms with Crippen molar-refractivity contribution in [3.8, 4) is 23.1 Å². The molecule has 0 unspecified atom stereocenters. The van der Waals surface area contributed by atoms with Crippen molar-refractivity contribution in [2.45, 2.75) is 19.9 Å². The third-order valence-electron chi connectivity index (χ3n) is 5.89. The molecule has 1 saturated heterocycles. The molecule has 8 nitrogen and oxygen atoms in total. The van der Waals surface area contributed by atoms with Crippen LogP contribution in [0.1, 0.15) is 18.1 Å². The summed E-state index contributed by atoms with van der Waals surface area (Å²) in [6.07, 6.45) is 2.50. The number of aromatic nitrogens is 2. The van der Waals surface area contributed by atoms with Crippen LogP contribution < -0.4 is 24.8 Å². The Kier molecular flexibility index (Phi) is 5.68. The van der Waals surface area contributed by atoms with Crippen molar-refractivity contribution < 1.29 is 14.2 Å². The average molecular weight is 434 g/mol. The Morgan fingerprint density at radius 3 is 2.47 bits per heavy atom. The summed E-state index contributed by atoms with van der Waals surface area (Å²) in [5, 5.41) is 0. The Hall–Kier alpha value is -3.52. The van der Waals surface area contributed by atoms with Gasteiger partial charge in [-0.3, -0.25) is 4.90 Å². The first kappa shape index (κ1) is 20.4. The maximum atomic E-state index is 6.40. The maximum absolute atomic E-state index is 6.40. The van der Waals surface area contributed by atoms with E-state index in [4.69, 9.17) is 19.9 Å². The summed E-state index contributed by atoms with van der Waals surface area (Å²) in [6, 6.07) is 14.1. The molecule has 2 aromatic carbocycles. The lowest BCUT2D eigenvalue weighted by atomic mass is 10.1. The van der Waals surface area contributed by atoms with E-state index in [9.17, 15) is 0 Å². The van der Waals surface area contributed by atoms with Gasteiger partial charge in [-0.25, -0.2) is 4.98 Å². The second-order valence-corrected chi connectivity index (χ2v) is 7.97. The number of benzene rings is 2. The van der Waals surface area contributed by atoms with Crippen LogP contribution in [-0.4, -0.2) is 47.8 Å². The van der Waals surface area contributed by atoms with Crippen LogP contribution in [0.3, 0.4) is 0 Å². The Labute approximate surface area is 187 Å². The van der Waals surface area contributed by atoms with Crippen molar-refractivity contribution in [2.75, 3.05) is 43.6 Å². The molecule has 0 amide bonds. The largest absolute Gasteiger partial charge is 0.454 e. The number of nitrogens with two attached hydrogens (primary N) is 1. The lowest BCUT2D eigenvalue weighted by Gasteiger charge is -2.35. The number of fused-ring (bicyclic) bond motifs is 1. The van der Waals surface area contributed by atoms with Gasteiger partial charge < -0.3 is 24.8 Å². The Bertz CT molecular complexity index is 1080. The van der Waals surface area contributed by atoms with E-state index >= 15 is 0 Å². The van der Waals surface area contributed by atoms with Gasteiger partial charge in [0.1, 0.15) is 17.8 Å². The molecule has 5 rings (SSSR count). The smallest absolute Gasteiger partial charge is 0.248 e. The van der Waals surface area contributed by atoms with Gasteiger partial charge in [-0.2, -0.15) is 4.98 Å². The molecular weight excluding hydrogens is 406 g/mol. The molecule has 2 aliphatic heterocycles. The highest BCUT2D eigenvalue weighted by molar-refractivity contribution is 5.68. The summed E-state index contributed by atoms with van der Waals surface area (Å²) in [7, 11) is 0. The van der Waals surface area contributed by atoms with Gasteiger partial charge in [0.2, 0.25) is 12.7 Å². The SMILES string of the molecule is CCc1ccc(Oc2ncnc(N3CCN(Cc4ccc5c(c4)OCO5)CC3)c2N)cc1. The van der Waals surface area contributed by atoms with Crippen molar-refractivity contribution in [3.05, 3.63) is 59.9 Å². The summed E-state index contributed by atoms with van der Waals surface area (Å²) < 4.78 is 16.8. The van der Waals surface area contributed by atoms with E-state index in [0.717, 1.165) is 56.5 Å². The fourth-order valence-corrected chi connectivity index (χ4v) is 4.02. The van der Waals surface area contributed by atoms with Gasteiger partial charge in [0.05, 0.1) is 0 Å². The number of ether oxygens (including phenoxy) is 3. The van der Waals surface area contributed by atoms with Crippen molar-refractivity contribution >= 4 is 11.5 Å². The standard InChI is InChI=1S/C24H27N5O3/c1-2-17-3-6-19(7-4-17)32-24-22(25)23(26-15-27-24)29-11-9-28(10-12-29)14-18-5-8-20-21(13-18)31-16-30-20/h3-8,13,15H,2,9-12,14,16,25H2,1H3. The molecule has 32 heavy (non-hydrogen) atoms. The number of nitrogens with zero attached hydrogens (tertiary/aromatic N) is 4. The van der Waals surface area contributed by atoms with E-state index in [-0.39, 0.29) is 0 Å². The Balaban J connectivity index is 1.22. The zero-order valence-corrected chi connectivity index (χ0v) is 18.2. The third-order valence-corrected chi connectivity index (χ3v) is 5.89. The highest BCUT2D eigenvalue weighted by atomic mass is 16.7. The van der Waals surface area contributed by atoms with Crippen LogP contribution in [0, 0.1) is 0 Å². The highest BCUT2D eigenvalue weighted by Crippen LogP contribution is 2.34. The molecule has 2 aliphatic rings. The minimum atomic E-state index is 0.299. The molecule has 0 aliphatic carbocycles. The average Bonchev–Trinajstić information content (AvgIpc) is 3.30. The monoisotopic (exact) mass is 433 g/mol. The fraction of sp³-hybridized carbons (Fsp3) is 0.333. The van der Waals surface area contributed by atoms with E-state index in [1.807, 2.05) is 30.3 Å². The van der Waals surface area contributed by atoms with Crippen molar-refractivity contribution in [1.29, 1.82) is 0 Å². The number of hydrogen-bond acceptors (Lipinski definition) is 8. The fourth-order valence-electron chi connectivity index (χ4n) is 4.02. The first-order valence-electron chi connectivity index (χ1n) is 10.9. The molecule has 3 heterocycles. The predicted octanol–water partition coefficient (Wildman–Crippen LogP) is 3.46. The minimum Gasteiger partial charge on any atom is -0.454 e. The van der Waals surface area contributed by atoms with Gasteiger partial charge in [0.15, 0.2) is 17.3 Å². The van der Waals surface area contributed by atoms with E-state index in [1.54, 1.807) is 0 Å². The van der Waals surface area contributed by atoms with E-state index in [1.165, 1.54) is 17.5 Å². The molecule has 0 saturated carbocycles. The summed E-state index contributed by atoms with van der Waals surface area (Å²) in [6.45, 7) is 6.77. The Morgan fingerprint density at radius 1 is 0.938 bits per heavy atom. The minimum absolute atomic E-state index is 0.299. The van der Waals surface area contributed by atoms with Gasteiger partial charge in [-0.15, -0.1) is 0 Å². The number of nitrogen functional groups attached to an aromatic ring is 1. The van der Waals surface area contributed by atoms with Gasteiger partial charge in [-0.1, -0.05) is 25.1 Å². The molecule has 1 fully saturated rings. The summed E-state index contributed by atoms with van der Waals surface area (Å²) >= 11 is 0. The molecule has 3 aromatic rings.